The molecule has 0 aliphatic carbocycles. The highest BCUT2D eigenvalue weighted by atomic mass is 35.5. The highest BCUT2D eigenvalue weighted by Crippen LogP contribution is 2.12. The molecule has 0 atom stereocenters. The molecule has 21 heavy (non-hydrogen) atoms. The third kappa shape index (κ3) is 10.6. The van der Waals surface area contributed by atoms with Crippen molar-refractivity contribution in [3.05, 3.63) is 29.8 Å². The Hall–Kier alpha value is -0.730. The molecule has 0 saturated carbocycles. The van der Waals surface area contributed by atoms with E-state index >= 15 is 0 Å². The molecule has 120 valence electrons. The van der Waals surface area contributed by atoms with Crippen molar-refractivity contribution >= 4 is 34.9 Å². The number of benzene rings is 1. The third-order valence-corrected chi connectivity index (χ3v) is 3.61. The van der Waals surface area contributed by atoms with E-state index < -0.39 is 0 Å². The van der Waals surface area contributed by atoms with Crippen molar-refractivity contribution in [1.82, 2.24) is 0 Å². The molecule has 1 aromatic rings. The first-order valence-corrected chi connectivity index (χ1v) is 8.11. The van der Waals surface area contributed by atoms with Crippen LogP contribution < -0.4 is 5.32 Å². The predicted molar refractivity (Wildman–Crippen MR) is 94.7 cm³/mol. The van der Waals surface area contributed by atoms with Crippen LogP contribution in [0.4, 0.5) is 5.69 Å². The smallest absolute Gasteiger partial charge is 0.221 e. The van der Waals surface area contributed by atoms with Gasteiger partial charge in [0.05, 0.1) is 0 Å². The zero-order valence-corrected chi connectivity index (χ0v) is 14.4. The number of unbranched alkanes of at least 4 members (excludes halogenated alkanes) is 5. The molecule has 0 spiro atoms. The van der Waals surface area contributed by atoms with E-state index in [1.165, 1.54) is 38.5 Å². The first-order valence-electron chi connectivity index (χ1n) is 7.73. The van der Waals surface area contributed by atoms with E-state index in [1.54, 1.807) is 0 Å². The van der Waals surface area contributed by atoms with Crippen molar-refractivity contribution < 1.29 is 4.79 Å². The average Bonchev–Trinajstić information content (AvgIpc) is 2.45. The maximum atomic E-state index is 10.7. The molecule has 0 aromatic heterocycles. The van der Waals surface area contributed by atoms with Gasteiger partial charge < -0.3 is 5.32 Å². The maximum absolute atomic E-state index is 10.7. The number of carbonyl (C=O) groups excluding carboxylic acids is 1. The van der Waals surface area contributed by atoms with Crippen LogP contribution in [0.3, 0.4) is 0 Å². The SMILES string of the molecule is CCCCCCCCNc1ccc(CCC(=O)Cl)cc1.Cl. The molecule has 0 heterocycles. The van der Waals surface area contributed by atoms with Gasteiger partial charge in [-0.2, -0.15) is 0 Å². The Morgan fingerprint density at radius 1 is 1.05 bits per heavy atom. The van der Waals surface area contributed by atoms with E-state index in [0.717, 1.165) is 24.2 Å². The van der Waals surface area contributed by atoms with Crippen molar-refractivity contribution in [2.75, 3.05) is 11.9 Å². The summed E-state index contributed by atoms with van der Waals surface area (Å²) in [5.41, 5.74) is 2.31. The second kappa shape index (κ2) is 13.0. The topological polar surface area (TPSA) is 29.1 Å². The molecule has 0 aliphatic heterocycles. The van der Waals surface area contributed by atoms with E-state index in [2.05, 4.69) is 36.5 Å². The second-order valence-electron chi connectivity index (χ2n) is 5.25. The van der Waals surface area contributed by atoms with Gasteiger partial charge in [-0.05, 0) is 42.1 Å². The Morgan fingerprint density at radius 3 is 2.29 bits per heavy atom. The molecule has 0 radical (unpaired) electrons. The first kappa shape index (κ1) is 20.3. The van der Waals surface area contributed by atoms with Gasteiger partial charge >= 0.3 is 0 Å². The van der Waals surface area contributed by atoms with E-state index in [1.807, 2.05) is 0 Å². The molecule has 1 N–H and O–H groups in total. The molecule has 0 saturated heterocycles. The summed E-state index contributed by atoms with van der Waals surface area (Å²) < 4.78 is 0. The Labute approximate surface area is 140 Å². The van der Waals surface area contributed by atoms with Crippen LogP contribution in [-0.4, -0.2) is 11.8 Å². The van der Waals surface area contributed by atoms with Crippen molar-refractivity contribution in [1.29, 1.82) is 0 Å². The Morgan fingerprint density at radius 2 is 1.67 bits per heavy atom. The number of hydrogen-bond acceptors (Lipinski definition) is 2. The summed E-state index contributed by atoms with van der Waals surface area (Å²) in [6, 6.07) is 8.27. The number of hydrogen-bond donors (Lipinski definition) is 1. The molecule has 0 aliphatic rings. The number of carbonyl (C=O) groups is 1. The van der Waals surface area contributed by atoms with Crippen molar-refractivity contribution in [2.24, 2.45) is 0 Å². The highest BCUT2D eigenvalue weighted by molar-refractivity contribution is 6.63. The molecule has 1 rings (SSSR count). The van der Waals surface area contributed by atoms with Crippen molar-refractivity contribution in [2.45, 2.75) is 58.3 Å². The molecular weight excluding hydrogens is 305 g/mol. The fourth-order valence-corrected chi connectivity index (χ4v) is 2.26. The van der Waals surface area contributed by atoms with Crippen LogP contribution in [0.1, 0.15) is 57.4 Å². The minimum Gasteiger partial charge on any atom is -0.385 e. The van der Waals surface area contributed by atoms with Gasteiger partial charge in [0.25, 0.3) is 0 Å². The van der Waals surface area contributed by atoms with Gasteiger partial charge in [-0.3, -0.25) is 4.79 Å². The molecule has 0 amide bonds. The largest absolute Gasteiger partial charge is 0.385 e. The van der Waals surface area contributed by atoms with Crippen LogP contribution in [0.25, 0.3) is 0 Å². The van der Waals surface area contributed by atoms with Gasteiger partial charge in [0.2, 0.25) is 5.24 Å². The fourth-order valence-electron chi connectivity index (χ4n) is 2.17. The van der Waals surface area contributed by atoms with Gasteiger partial charge in [0, 0.05) is 18.7 Å². The fraction of sp³-hybridized carbons (Fsp3) is 0.588. The second-order valence-corrected chi connectivity index (χ2v) is 5.67. The van der Waals surface area contributed by atoms with Gasteiger partial charge in [-0.15, -0.1) is 12.4 Å². The molecule has 2 nitrogen and oxygen atoms in total. The van der Waals surface area contributed by atoms with E-state index in [9.17, 15) is 4.79 Å². The summed E-state index contributed by atoms with van der Waals surface area (Å²) in [7, 11) is 0. The lowest BCUT2D eigenvalue weighted by atomic mass is 10.1. The molecule has 4 heteroatoms. The summed E-state index contributed by atoms with van der Waals surface area (Å²) in [5.74, 6) is 0. The van der Waals surface area contributed by atoms with Gasteiger partial charge in [0.1, 0.15) is 0 Å². The highest BCUT2D eigenvalue weighted by Gasteiger charge is 1.99. The minimum atomic E-state index is -0.268. The summed E-state index contributed by atoms with van der Waals surface area (Å²) in [4.78, 5) is 10.7. The lowest BCUT2D eigenvalue weighted by Gasteiger charge is -2.07. The lowest BCUT2D eigenvalue weighted by Crippen LogP contribution is -2.01. The predicted octanol–water partition coefficient (Wildman–Crippen LogP) is 5.58. The quantitative estimate of drug-likeness (QED) is 0.423. The zero-order valence-electron chi connectivity index (χ0n) is 12.9. The summed E-state index contributed by atoms with van der Waals surface area (Å²) in [5, 5.41) is 3.17. The standard InChI is InChI=1S/C17H26ClNO.ClH/c1-2-3-4-5-6-7-14-19-16-11-8-15(9-12-16)10-13-17(18)20;/h8-9,11-12,19H,2-7,10,13-14H2,1H3;1H. The Balaban J connectivity index is 0.00000400. The van der Waals surface area contributed by atoms with E-state index in [0.29, 0.717) is 6.42 Å². The van der Waals surface area contributed by atoms with E-state index in [-0.39, 0.29) is 17.6 Å². The lowest BCUT2D eigenvalue weighted by molar-refractivity contribution is -0.111. The summed E-state index contributed by atoms with van der Waals surface area (Å²) in [6.07, 6.45) is 9.05. The zero-order chi connectivity index (χ0) is 14.6. The monoisotopic (exact) mass is 331 g/mol. The Kier molecular flexibility index (Phi) is 12.5. The molecule has 1 aromatic carbocycles. The van der Waals surface area contributed by atoms with Crippen molar-refractivity contribution in [3.8, 4) is 0 Å². The molecular formula is C17H27Cl2NO. The van der Waals surface area contributed by atoms with Crippen molar-refractivity contribution in [3.63, 3.8) is 0 Å². The summed E-state index contributed by atoms with van der Waals surface area (Å²) >= 11 is 5.34. The summed E-state index contributed by atoms with van der Waals surface area (Å²) in [6.45, 7) is 3.28. The average molecular weight is 332 g/mol. The van der Waals surface area contributed by atoms with E-state index in [4.69, 9.17) is 11.6 Å². The number of halogens is 2. The van der Waals surface area contributed by atoms with Gasteiger partial charge in [-0.25, -0.2) is 0 Å². The van der Waals surface area contributed by atoms with Crippen LogP contribution in [-0.2, 0) is 11.2 Å². The molecule has 0 bridgehead atoms. The number of rotatable bonds is 11. The number of anilines is 1. The van der Waals surface area contributed by atoms with Crippen LogP contribution in [0.5, 0.6) is 0 Å². The normalized spacial score (nSPS) is 10.0. The minimum absolute atomic E-state index is 0. The van der Waals surface area contributed by atoms with Crippen LogP contribution in [0.2, 0.25) is 0 Å². The van der Waals surface area contributed by atoms with Gasteiger partial charge in [-0.1, -0.05) is 51.2 Å². The third-order valence-electron chi connectivity index (χ3n) is 3.42. The van der Waals surface area contributed by atoms with Crippen LogP contribution in [0.15, 0.2) is 24.3 Å². The Bertz CT molecular complexity index is 379. The maximum Gasteiger partial charge on any atom is 0.221 e. The number of nitrogens with one attached hydrogen (secondary N) is 1. The van der Waals surface area contributed by atoms with Gasteiger partial charge in [0.15, 0.2) is 0 Å². The van der Waals surface area contributed by atoms with Crippen LogP contribution in [0, 0.1) is 0 Å². The van der Waals surface area contributed by atoms with Crippen LogP contribution >= 0.6 is 24.0 Å². The first-order chi connectivity index (χ1) is 9.72. The molecule has 0 fully saturated rings. The molecule has 0 unspecified atom stereocenters. The number of aryl methyl sites for hydroxylation is 1.